The van der Waals surface area contributed by atoms with Gasteiger partial charge in [0.05, 0.1) is 5.56 Å². The van der Waals surface area contributed by atoms with Crippen molar-refractivity contribution in [2.45, 2.75) is 51.2 Å². The van der Waals surface area contributed by atoms with Crippen LogP contribution in [0.15, 0.2) is 22.6 Å². The summed E-state index contributed by atoms with van der Waals surface area (Å²) in [5, 5.41) is 6.97. The molecule has 1 aromatic heterocycles. The molecular formula is C19H21F2N3O3. The minimum Gasteiger partial charge on any atom is -0.467 e. The summed E-state index contributed by atoms with van der Waals surface area (Å²) in [5.41, 5.74) is 0.0687. The molecule has 2 heterocycles. The largest absolute Gasteiger partial charge is 0.467 e. The third kappa shape index (κ3) is 2.96. The summed E-state index contributed by atoms with van der Waals surface area (Å²) >= 11 is 0. The zero-order chi connectivity index (χ0) is 19.2. The number of ether oxygens (including phenoxy) is 1. The van der Waals surface area contributed by atoms with Crippen LogP contribution in [0.1, 0.15) is 61.7 Å². The van der Waals surface area contributed by atoms with Gasteiger partial charge in [0.15, 0.2) is 5.72 Å². The number of nitrogens with zero attached hydrogens (tertiary/aromatic N) is 3. The number of carbonyl (C=O) groups excluding carboxylic acids is 1. The Kier molecular flexibility index (Phi) is 4.36. The fourth-order valence-electron chi connectivity index (χ4n) is 4.03. The van der Waals surface area contributed by atoms with Gasteiger partial charge in [0.1, 0.15) is 5.75 Å². The molecule has 144 valence electrons. The molecule has 1 saturated carbocycles. The monoisotopic (exact) mass is 377 g/mol. The van der Waals surface area contributed by atoms with Crippen LogP contribution in [0.4, 0.5) is 8.78 Å². The highest BCUT2D eigenvalue weighted by atomic mass is 19.3. The van der Waals surface area contributed by atoms with Gasteiger partial charge in [-0.25, -0.2) is 0 Å². The van der Waals surface area contributed by atoms with E-state index in [0.29, 0.717) is 16.9 Å². The fraction of sp³-hybridized carbons (Fsp3) is 0.526. The third-order valence-corrected chi connectivity index (χ3v) is 5.73. The number of amides is 1. The molecule has 1 aromatic carbocycles. The quantitative estimate of drug-likeness (QED) is 0.791. The molecule has 0 spiro atoms. The SMILES string of the molecule is CN1C(=O)c2cc(-c3nnc(C(F)F)o3)ccc2OC1(C)C1CCCCC1. The molecule has 4 rings (SSSR count). The number of hydrogen-bond donors (Lipinski definition) is 0. The van der Waals surface area contributed by atoms with E-state index in [2.05, 4.69) is 10.2 Å². The summed E-state index contributed by atoms with van der Waals surface area (Å²) in [5.74, 6) is -0.197. The molecule has 2 aliphatic rings. The predicted octanol–water partition coefficient (Wildman–Crippen LogP) is 4.44. The van der Waals surface area contributed by atoms with Crippen LogP contribution in [0.3, 0.4) is 0 Å². The number of halogens is 2. The molecular weight excluding hydrogens is 356 g/mol. The van der Waals surface area contributed by atoms with Gasteiger partial charge in [0.2, 0.25) is 5.89 Å². The van der Waals surface area contributed by atoms with Crippen LogP contribution in [0.2, 0.25) is 0 Å². The molecule has 0 radical (unpaired) electrons. The second-order valence-electron chi connectivity index (χ2n) is 7.31. The van der Waals surface area contributed by atoms with Gasteiger partial charge in [-0.05, 0) is 38.0 Å². The molecule has 1 aliphatic carbocycles. The first-order valence-corrected chi connectivity index (χ1v) is 9.13. The minimum absolute atomic E-state index is 0.0517. The van der Waals surface area contributed by atoms with Crippen molar-refractivity contribution in [1.29, 1.82) is 0 Å². The highest BCUT2D eigenvalue weighted by molar-refractivity contribution is 5.99. The molecule has 27 heavy (non-hydrogen) atoms. The smallest absolute Gasteiger partial charge is 0.314 e. The predicted molar refractivity (Wildman–Crippen MR) is 92.4 cm³/mol. The summed E-state index contributed by atoms with van der Waals surface area (Å²) in [7, 11) is 1.74. The van der Waals surface area contributed by atoms with E-state index in [-0.39, 0.29) is 17.7 Å². The van der Waals surface area contributed by atoms with Crippen LogP contribution in [-0.4, -0.2) is 33.8 Å². The number of alkyl halides is 2. The summed E-state index contributed by atoms with van der Waals surface area (Å²) in [6.45, 7) is 1.96. The van der Waals surface area contributed by atoms with Crippen molar-refractivity contribution in [2.75, 3.05) is 7.05 Å². The molecule has 8 heteroatoms. The normalized spacial score (nSPS) is 23.4. The van der Waals surface area contributed by atoms with E-state index >= 15 is 0 Å². The van der Waals surface area contributed by atoms with Crippen molar-refractivity contribution in [3.63, 3.8) is 0 Å². The Hall–Kier alpha value is -2.51. The van der Waals surface area contributed by atoms with E-state index in [1.54, 1.807) is 30.1 Å². The second kappa shape index (κ2) is 6.58. The lowest BCUT2D eigenvalue weighted by Crippen LogP contribution is -2.59. The van der Waals surface area contributed by atoms with Crippen molar-refractivity contribution in [3.8, 4) is 17.2 Å². The Morgan fingerprint density at radius 2 is 1.96 bits per heavy atom. The van der Waals surface area contributed by atoms with E-state index in [4.69, 9.17) is 9.15 Å². The molecule has 1 aliphatic heterocycles. The first-order valence-electron chi connectivity index (χ1n) is 9.13. The maximum absolute atomic E-state index is 13.0. The fourth-order valence-corrected chi connectivity index (χ4v) is 4.03. The zero-order valence-electron chi connectivity index (χ0n) is 15.2. The van der Waals surface area contributed by atoms with Crippen LogP contribution in [0, 0.1) is 5.92 Å². The Labute approximate surface area is 155 Å². The Morgan fingerprint density at radius 3 is 2.63 bits per heavy atom. The van der Waals surface area contributed by atoms with Crippen molar-refractivity contribution in [3.05, 3.63) is 29.7 Å². The van der Waals surface area contributed by atoms with Crippen molar-refractivity contribution in [2.24, 2.45) is 5.92 Å². The standard InChI is InChI=1S/C19H21F2N3O3/c1-19(12-6-4-3-5-7-12)24(2)18(25)13-10-11(8-9-14(13)27-19)16-22-23-17(26-16)15(20)21/h8-10,12,15H,3-7H2,1-2H3. The number of fused-ring (bicyclic) bond motifs is 1. The Balaban J connectivity index is 1.67. The maximum Gasteiger partial charge on any atom is 0.314 e. The van der Waals surface area contributed by atoms with Crippen LogP contribution in [0.25, 0.3) is 11.5 Å². The lowest BCUT2D eigenvalue weighted by Gasteiger charge is -2.48. The molecule has 1 fully saturated rings. The average Bonchev–Trinajstić information content (AvgIpc) is 3.17. The van der Waals surface area contributed by atoms with E-state index in [1.807, 2.05) is 6.92 Å². The molecule has 0 bridgehead atoms. The summed E-state index contributed by atoms with van der Waals surface area (Å²) < 4.78 is 36.6. The van der Waals surface area contributed by atoms with E-state index < -0.39 is 18.0 Å². The van der Waals surface area contributed by atoms with Crippen LogP contribution in [0.5, 0.6) is 5.75 Å². The topological polar surface area (TPSA) is 68.5 Å². The van der Waals surface area contributed by atoms with Crippen molar-refractivity contribution in [1.82, 2.24) is 15.1 Å². The van der Waals surface area contributed by atoms with Crippen molar-refractivity contribution >= 4 is 5.91 Å². The molecule has 1 unspecified atom stereocenters. The van der Waals surface area contributed by atoms with Crippen LogP contribution in [-0.2, 0) is 0 Å². The number of rotatable bonds is 3. The van der Waals surface area contributed by atoms with Gasteiger partial charge in [-0.15, -0.1) is 10.2 Å². The highest BCUT2D eigenvalue weighted by Crippen LogP contribution is 2.43. The van der Waals surface area contributed by atoms with Gasteiger partial charge >= 0.3 is 6.43 Å². The van der Waals surface area contributed by atoms with Gasteiger partial charge in [-0.1, -0.05) is 19.3 Å². The highest BCUT2D eigenvalue weighted by Gasteiger charge is 2.47. The van der Waals surface area contributed by atoms with E-state index in [1.165, 1.54) is 6.42 Å². The van der Waals surface area contributed by atoms with E-state index in [9.17, 15) is 13.6 Å². The van der Waals surface area contributed by atoms with E-state index in [0.717, 1.165) is 25.7 Å². The number of carbonyl (C=O) groups is 1. The van der Waals surface area contributed by atoms with Crippen LogP contribution >= 0.6 is 0 Å². The third-order valence-electron chi connectivity index (χ3n) is 5.73. The molecule has 0 saturated heterocycles. The second-order valence-corrected chi connectivity index (χ2v) is 7.31. The summed E-state index contributed by atoms with van der Waals surface area (Å²) in [6.07, 6.45) is 2.72. The lowest BCUT2D eigenvalue weighted by molar-refractivity contribution is -0.101. The average molecular weight is 377 g/mol. The number of benzene rings is 1. The zero-order valence-corrected chi connectivity index (χ0v) is 15.2. The lowest BCUT2D eigenvalue weighted by atomic mass is 9.80. The van der Waals surface area contributed by atoms with Crippen molar-refractivity contribution < 1.29 is 22.7 Å². The number of aromatic nitrogens is 2. The molecule has 1 amide bonds. The van der Waals surface area contributed by atoms with Crippen LogP contribution < -0.4 is 4.74 Å². The molecule has 6 nitrogen and oxygen atoms in total. The van der Waals surface area contributed by atoms with Gasteiger partial charge in [0.25, 0.3) is 11.8 Å². The van der Waals surface area contributed by atoms with Gasteiger partial charge < -0.3 is 14.1 Å². The Bertz CT molecular complexity index is 864. The van der Waals surface area contributed by atoms with Gasteiger partial charge in [0, 0.05) is 18.5 Å². The summed E-state index contributed by atoms with van der Waals surface area (Å²) in [6, 6.07) is 4.86. The Morgan fingerprint density at radius 1 is 1.22 bits per heavy atom. The first kappa shape index (κ1) is 17.9. The number of hydrogen-bond acceptors (Lipinski definition) is 5. The minimum atomic E-state index is -2.84. The first-order chi connectivity index (χ1) is 12.9. The molecule has 2 aromatic rings. The summed E-state index contributed by atoms with van der Waals surface area (Å²) in [4.78, 5) is 14.7. The van der Waals surface area contributed by atoms with Gasteiger partial charge in [-0.3, -0.25) is 4.79 Å². The molecule has 1 atom stereocenters. The van der Waals surface area contributed by atoms with Gasteiger partial charge in [-0.2, -0.15) is 8.78 Å². The molecule has 0 N–H and O–H groups in total. The maximum atomic E-state index is 13.0.